The molecule has 0 aliphatic carbocycles. The van der Waals surface area contributed by atoms with Gasteiger partial charge in [0.25, 0.3) is 0 Å². The zero-order valence-corrected chi connectivity index (χ0v) is 21.3. The molecule has 0 unspecified atom stereocenters. The van der Waals surface area contributed by atoms with Crippen molar-refractivity contribution in [1.29, 1.82) is 0 Å². The topological polar surface area (TPSA) is 87.2 Å². The number of carbonyl (C=O) groups is 2. The number of benzene rings is 1. The van der Waals surface area contributed by atoms with E-state index in [-0.39, 0.29) is 16.8 Å². The molecular weight excluding hydrogens is 474 g/mol. The van der Waals surface area contributed by atoms with Crippen molar-refractivity contribution in [3.05, 3.63) is 46.3 Å². The van der Waals surface area contributed by atoms with Crippen molar-refractivity contribution >= 4 is 33.2 Å². The molecule has 1 fully saturated rings. The van der Waals surface area contributed by atoms with E-state index in [2.05, 4.69) is 4.90 Å². The van der Waals surface area contributed by atoms with Gasteiger partial charge in [-0.25, -0.2) is 8.42 Å². The lowest BCUT2D eigenvalue weighted by molar-refractivity contribution is -0.134. The Bertz CT molecular complexity index is 1140. The van der Waals surface area contributed by atoms with Crippen LogP contribution in [-0.4, -0.2) is 73.7 Å². The molecule has 1 saturated heterocycles. The molecule has 3 heterocycles. The lowest BCUT2D eigenvalue weighted by Gasteiger charge is -2.35. The Labute approximate surface area is 205 Å². The molecule has 10 heteroatoms. The van der Waals surface area contributed by atoms with Crippen LogP contribution in [0, 0.1) is 6.92 Å². The molecule has 1 aromatic carbocycles. The third kappa shape index (κ3) is 5.68. The van der Waals surface area contributed by atoms with Crippen LogP contribution in [0.25, 0.3) is 0 Å². The second-order valence-corrected chi connectivity index (χ2v) is 11.8. The molecule has 4 rings (SSSR count). The molecule has 0 N–H and O–H groups in total. The molecule has 2 aromatic rings. The van der Waals surface area contributed by atoms with E-state index in [0.717, 1.165) is 30.5 Å². The van der Waals surface area contributed by atoms with Crippen LogP contribution in [0.15, 0.2) is 35.2 Å². The maximum absolute atomic E-state index is 12.9. The Balaban J connectivity index is 1.29. The zero-order valence-electron chi connectivity index (χ0n) is 19.7. The predicted molar refractivity (Wildman–Crippen MR) is 130 cm³/mol. The molecule has 0 spiro atoms. The average molecular weight is 506 g/mol. The standard InChI is InChI=1S/C24H31N3O5S2/c1-3-4-23(29)32-24-15-19-16-25(10-9-21(19)33-24)17-22(28)26-11-13-27(14-12-26)34(30,31)20-7-5-18(2)6-8-20/h5-8,15H,3-4,9-14,16-17H2,1-2H3. The first-order valence-corrected chi connectivity index (χ1v) is 13.9. The number of ether oxygens (including phenoxy) is 1. The van der Waals surface area contributed by atoms with E-state index in [9.17, 15) is 18.0 Å². The molecule has 0 bridgehead atoms. The quantitative estimate of drug-likeness (QED) is 0.538. The van der Waals surface area contributed by atoms with Crippen LogP contribution < -0.4 is 4.74 Å². The summed E-state index contributed by atoms with van der Waals surface area (Å²) in [5.41, 5.74) is 2.12. The van der Waals surface area contributed by atoms with Crippen LogP contribution in [0.4, 0.5) is 0 Å². The molecule has 1 amide bonds. The highest BCUT2D eigenvalue weighted by Crippen LogP contribution is 2.33. The normalized spacial score (nSPS) is 17.4. The van der Waals surface area contributed by atoms with Gasteiger partial charge in [0, 0.05) is 50.6 Å². The molecule has 0 radical (unpaired) electrons. The van der Waals surface area contributed by atoms with Crippen molar-refractivity contribution in [2.75, 3.05) is 39.3 Å². The van der Waals surface area contributed by atoms with Gasteiger partial charge in [-0.3, -0.25) is 14.5 Å². The van der Waals surface area contributed by atoms with Gasteiger partial charge in [-0.05, 0) is 43.5 Å². The summed E-state index contributed by atoms with van der Waals surface area (Å²) < 4.78 is 32.7. The summed E-state index contributed by atoms with van der Waals surface area (Å²) in [5.74, 6) is -0.197. The molecule has 2 aliphatic rings. The summed E-state index contributed by atoms with van der Waals surface area (Å²) in [5, 5.41) is 0.627. The Hall–Kier alpha value is -2.27. The molecule has 1 aromatic heterocycles. The summed E-state index contributed by atoms with van der Waals surface area (Å²) in [6.45, 7) is 6.94. The largest absolute Gasteiger partial charge is 0.415 e. The molecule has 0 saturated carbocycles. The first-order valence-electron chi connectivity index (χ1n) is 11.7. The van der Waals surface area contributed by atoms with Gasteiger partial charge in [0.2, 0.25) is 15.9 Å². The Morgan fingerprint density at radius 3 is 2.44 bits per heavy atom. The number of hydrogen-bond acceptors (Lipinski definition) is 7. The number of nitrogens with zero attached hydrogens (tertiary/aromatic N) is 3. The summed E-state index contributed by atoms with van der Waals surface area (Å²) >= 11 is 1.51. The number of thiophene rings is 1. The summed E-state index contributed by atoms with van der Waals surface area (Å²) in [6.07, 6.45) is 1.98. The van der Waals surface area contributed by atoms with Crippen molar-refractivity contribution in [1.82, 2.24) is 14.1 Å². The van der Waals surface area contributed by atoms with E-state index in [1.807, 2.05) is 19.9 Å². The summed E-state index contributed by atoms with van der Waals surface area (Å²) in [7, 11) is -3.55. The minimum atomic E-state index is -3.55. The van der Waals surface area contributed by atoms with Crippen molar-refractivity contribution in [2.45, 2.75) is 44.6 Å². The fourth-order valence-corrected chi connectivity index (χ4v) is 6.69. The van der Waals surface area contributed by atoms with Crippen LogP contribution >= 0.6 is 11.3 Å². The number of fused-ring (bicyclic) bond motifs is 1. The second-order valence-electron chi connectivity index (χ2n) is 8.80. The Morgan fingerprint density at radius 2 is 1.76 bits per heavy atom. The van der Waals surface area contributed by atoms with Crippen LogP contribution in [0.5, 0.6) is 5.06 Å². The van der Waals surface area contributed by atoms with Crippen LogP contribution in [0.3, 0.4) is 0 Å². The van der Waals surface area contributed by atoms with Gasteiger partial charge in [-0.15, -0.1) is 11.3 Å². The Morgan fingerprint density at radius 1 is 1.06 bits per heavy atom. The summed E-state index contributed by atoms with van der Waals surface area (Å²) in [6, 6.07) is 8.77. The van der Waals surface area contributed by atoms with Crippen molar-refractivity contribution in [2.24, 2.45) is 0 Å². The number of sulfonamides is 1. The number of rotatable bonds is 7. The molecule has 34 heavy (non-hydrogen) atoms. The summed E-state index contributed by atoms with van der Waals surface area (Å²) in [4.78, 5) is 30.0. The van der Waals surface area contributed by atoms with Crippen molar-refractivity contribution < 1.29 is 22.7 Å². The maximum atomic E-state index is 12.9. The lowest BCUT2D eigenvalue weighted by atomic mass is 10.1. The SMILES string of the molecule is CCCC(=O)Oc1cc2c(s1)CCN(CC(=O)N1CCN(S(=O)(=O)c3ccc(C)cc3)CC1)C2. The smallest absolute Gasteiger partial charge is 0.311 e. The van der Waals surface area contributed by atoms with Crippen LogP contribution in [-0.2, 0) is 32.6 Å². The number of piperazine rings is 1. The van der Waals surface area contributed by atoms with Crippen molar-refractivity contribution in [3.63, 3.8) is 0 Å². The lowest BCUT2D eigenvalue weighted by Crippen LogP contribution is -2.52. The van der Waals surface area contributed by atoms with Gasteiger partial charge < -0.3 is 9.64 Å². The van der Waals surface area contributed by atoms with E-state index >= 15 is 0 Å². The van der Waals surface area contributed by atoms with Gasteiger partial charge >= 0.3 is 5.97 Å². The number of carbonyl (C=O) groups excluding carboxylic acids is 2. The highest BCUT2D eigenvalue weighted by Gasteiger charge is 2.31. The number of aryl methyl sites for hydroxylation is 1. The number of amides is 1. The molecule has 2 aliphatic heterocycles. The van der Waals surface area contributed by atoms with Gasteiger partial charge in [0.15, 0.2) is 5.06 Å². The van der Waals surface area contributed by atoms with Gasteiger partial charge in [-0.1, -0.05) is 24.6 Å². The van der Waals surface area contributed by atoms with E-state index in [1.165, 1.54) is 20.5 Å². The predicted octanol–water partition coefficient (Wildman–Crippen LogP) is 2.65. The fraction of sp³-hybridized carbons (Fsp3) is 0.500. The first-order chi connectivity index (χ1) is 16.3. The highest BCUT2D eigenvalue weighted by molar-refractivity contribution is 7.89. The minimum Gasteiger partial charge on any atom is -0.415 e. The monoisotopic (exact) mass is 505 g/mol. The van der Waals surface area contributed by atoms with E-state index in [0.29, 0.717) is 50.8 Å². The average Bonchev–Trinajstić information content (AvgIpc) is 3.21. The van der Waals surface area contributed by atoms with Gasteiger partial charge in [0.05, 0.1) is 11.4 Å². The molecule has 8 nitrogen and oxygen atoms in total. The maximum Gasteiger partial charge on any atom is 0.311 e. The zero-order chi connectivity index (χ0) is 24.3. The molecular formula is C24H31N3O5S2. The van der Waals surface area contributed by atoms with Crippen molar-refractivity contribution in [3.8, 4) is 5.06 Å². The molecule has 0 atom stereocenters. The van der Waals surface area contributed by atoms with E-state index < -0.39 is 10.0 Å². The van der Waals surface area contributed by atoms with Gasteiger partial charge in [-0.2, -0.15) is 4.31 Å². The fourth-order valence-electron chi connectivity index (χ4n) is 4.25. The second kappa shape index (κ2) is 10.6. The highest BCUT2D eigenvalue weighted by atomic mass is 32.2. The molecule has 184 valence electrons. The first kappa shape index (κ1) is 24.8. The van der Waals surface area contributed by atoms with E-state index in [1.54, 1.807) is 29.2 Å². The van der Waals surface area contributed by atoms with Crippen LogP contribution in [0.1, 0.15) is 35.8 Å². The van der Waals surface area contributed by atoms with E-state index in [4.69, 9.17) is 4.74 Å². The number of esters is 1. The number of hydrogen-bond donors (Lipinski definition) is 0. The third-order valence-corrected chi connectivity index (χ3v) is 9.23. The Kier molecular flexibility index (Phi) is 7.71. The third-order valence-electron chi connectivity index (χ3n) is 6.20. The van der Waals surface area contributed by atoms with Gasteiger partial charge in [0.1, 0.15) is 0 Å². The minimum absolute atomic E-state index is 0.0145. The van der Waals surface area contributed by atoms with Crippen LogP contribution in [0.2, 0.25) is 0 Å².